The van der Waals surface area contributed by atoms with Crippen LogP contribution in [-0.4, -0.2) is 12.5 Å². The molecule has 0 unspecified atom stereocenters. The first kappa shape index (κ1) is 16.0. The van der Waals surface area contributed by atoms with Gasteiger partial charge in [-0.15, -0.1) is 0 Å². The minimum atomic E-state index is -0.409. The van der Waals surface area contributed by atoms with E-state index in [4.69, 9.17) is 0 Å². The summed E-state index contributed by atoms with van der Waals surface area (Å²) in [6, 6.07) is 10.3. The lowest BCUT2D eigenvalue weighted by molar-refractivity contribution is -0.114. The smallest absolute Gasteiger partial charge is 0.243 e. The van der Waals surface area contributed by atoms with Gasteiger partial charge in [-0.05, 0) is 58.7 Å². The fraction of sp³-hybridized carbons (Fsp3) is 0.133. The van der Waals surface area contributed by atoms with Crippen molar-refractivity contribution in [3.05, 3.63) is 56.7 Å². The molecule has 1 amide bonds. The maximum absolute atomic E-state index is 13.6. The van der Waals surface area contributed by atoms with Crippen molar-refractivity contribution >= 4 is 49.1 Å². The lowest BCUT2D eigenvalue weighted by Crippen LogP contribution is -2.22. The standard InChI is InChI=1S/C15H13Br2FN2O/c1-9-2-4-13(11(17)6-9)20-15(21)8-19-14-5-3-10(16)7-12(14)18/h2-7,19H,8H2,1H3,(H,20,21). The monoisotopic (exact) mass is 414 g/mol. The topological polar surface area (TPSA) is 41.1 Å². The number of hydrogen-bond acceptors (Lipinski definition) is 2. The molecule has 0 saturated heterocycles. The summed E-state index contributed by atoms with van der Waals surface area (Å²) in [7, 11) is 0. The fourth-order valence-corrected chi connectivity index (χ4v) is 2.65. The Bertz CT molecular complexity index is 677. The van der Waals surface area contributed by atoms with Crippen LogP contribution >= 0.6 is 31.9 Å². The Balaban J connectivity index is 1.96. The molecule has 2 rings (SSSR count). The second-order valence-electron chi connectivity index (χ2n) is 4.51. The molecule has 0 fully saturated rings. The Hall–Kier alpha value is -1.40. The molecule has 0 bridgehead atoms. The van der Waals surface area contributed by atoms with Crippen LogP contribution in [-0.2, 0) is 4.79 Å². The zero-order chi connectivity index (χ0) is 15.4. The third-order valence-electron chi connectivity index (χ3n) is 2.77. The SMILES string of the molecule is Cc1ccc(NC(=O)CNc2ccc(Br)cc2F)c(Br)c1. The molecule has 21 heavy (non-hydrogen) atoms. The molecule has 110 valence electrons. The Kier molecular flexibility index (Phi) is 5.36. The van der Waals surface area contributed by atoms with Gasteiger partial charge in [0.25, 0.3) is 0 Å². The van der Waals surface area contributed by atoms with Gasteiger partial charge >= 0.3 is 0 Å². The first-order chi connectivity index (χ1) is 9.95. The van der Waals surface area contributed by atoms with E-state index in [1.54, 1.807) is 12.1 Å². The van der Waals surface area contributed by atoms with Crippen LogP contribution in [0.3, 0.4) is 0 Å². The van der Waals surface area contributed by atoms with Crippen LogP contribution in [0.4, 0.5) is 15.8 Å². The Morgan fingerprint density at radius 3 is 2.52 bits per heavy atom. The Labute approximate surface area is 139 Å². The van der Waals surface area contributed by atoms with Crippen molar-refractivity contribution in [3.63, 3.8) is 0 Å². The molecule has 0 atom stereocenters. The van der Waals surface area contributed by atoms with Gasteiger partial charge in [0, 0.05) is 8.95 Å². The minimum Gasteiger partial charge on any atom is -0.374 e. The average molecular weight is 416 g/mol. The first-order valence-corrected chi connectivity index (χ1v) is 7.79. The second-order valence-corrected chi connectivity index (χ2v) is 6.28. The molecule has 0 spiro atoms. The van der Waals surface area contributed by atoms with E-state index in [0.29, 0.717) is 10.2 Å². The summed E-state index contributed by atoms with van der Waals surface area (Å²) in [6.45, 7) is 1.95. The summed E-state index contributed by atoms with van der Waals surface area (Å²) in [5.41, 5.74) is 2.06. The van der Waals surface area contributed by atoms with Crippen molar-refractivity contribution in [3.8, 4) is 0 Å². The van der Waals surface area contributed by atoms with Gasteiger partial charge in [0.1, 0.15) is 5.82 Å². The maximum Gasteiger partial charge on any atom is 0.243 e. The van der Waals surface area contributed by atoms with Gasteiger partial charge in [-0.25, -0.2) is 4.39 Å². The number of carbonyl (C=O) groups is 1. The van der Waals surface area contributed by atoms with E-state index in [1.165, 1.54) is 6.07 Å². The van der Waals surface area contributed by atoms with Gasteiger partial charge in [-0.1, -0.05) is 22.0 Å². The highest BCUT2D eigenvalue weighted by Gasteiger charge is 2.07. The van der Waals surface area contributed by atoms with Gasteiger partial charge in [0.2, 0.25) is 5.91 Å². The summed E-state index contributed by atoms with van der Waals surface area (Å²) in [5, 5.41) is 5.53. The summed E-state index contributed by atoms with van der Waals surface area (Å²) in [6.07, 6.45) is 0. The van der Waals surface area contributed by atoms with Crippen molar-refractivity contribution in [1.82, 2.24) is 0 Å². The van der Waals surface area contributed by atoms with E-state index in [-0.39, 0.29) is 18.1 Å². The number of carbonyl (C=O) groups excluding carboxylic acids is 1. The van der Waals surface area contributed by atoms with Gasteiger partial charge < -0.3 is 10.6 Å². The van der Waals surface area contributed by atoms with Crippen molar-refractivity contribution in [2.75, 3.05) is 17.2 Å². The molecular formula is C15H13Br2FN2O. The summed E-state index contributed by atoms with van der Waals surface area (Å²) < 4.78 is 15.1. The second kappa shape index (κ2) is 7.04. The largest absolute Gasteiger partial charge is 0.374 e. The molecule has 0 saturated carbocycles. The maximum atomic E-state index is 13.6. The lowest BCUT2D eigenvalue weighted by atomic mass is 10.2. The Morgan fingerprint density at radius 2 is 1.86 bits per heavy atom. The molecule has 0 radical (unpaired) electrons. The van der Waals surface area contributed by atoms with Gasteiger partial charge in [0.15, 0.2) is 0 Å². The normalized spacial score (nSPS) is 10.3. The minimum absolute atomic E-state index is 0.0150. The number of anilines is 2. The van der Waals surface area contributed by atoms with Gasteiger partial charge in [-0.3, -0.25) is 4.79 Å². The van der Waals surface area contributed by atoms with Crippen molar-refractivity contribution in [1.29, 1.82) is 0 Å². The highest BCUT2D eigenvalue weighted by molar-refractivity contribution is 9.10. The molecule has 3 nitrogen and oxygen atoms in total. The van der Waals surface area contributed by atoms with E-state index in [9.17, 15) is 9.18 Å². The van der Waals surface area contributed by atoms with E-state index in [0.717, 1.165) is 10.0 Å². The third-order valence-corrected chi connectivity index (χ3v) is 3.92. The average Bonchev–Trinajstić information content (AvgIpc) is 2.41. The van der Waals surface area contributed by atoms with Crippen LogP contribution in [0.5, 0.6) is 0 Å². The fourth-order valence-electron chi connectivity index (χ4n) is 1.72. The number of hydrogen-bond donors (Lipinski definition) is 2. The summed E-state index contributed by atoms with van der Waals surface area (Å²) in [5.74, 6) is -0.657. The lowest BCUT2D eigenvalue weighted by Gasteiger charge is -2.10. The molecule has 0 aromatic heterocycles. The summed E-state index contributed by atoms with van der Waals surface area (Å²) >= 11 is 6.57. The molecule has 2 N–H and O–H groups in total. The number of aryl methyl sites for hydroxylation is 1. The van der Waals surface area contributed by atoms with Crippen LogP contribution in [0.2, 0.25) is 0 Å². The number of benzene rings is 2. The number of halogens is 3. The van der Waals surface area contributed by atoms with Gasteiger partial charge in [0.05, 0.1) is 17.9 Å². The molecule has 0 aliphatic carbocycles. The van der Waals surface area contributed by atoms with Crippen molar-refractivity contribution in [2.45, 2.75) is 6.92 Å². The quantitative estimate of drug-likeness (QED) is 0.759. The molecule has 0 aliphatic rings. The van der Waals surface area contributed by atoms with E-state index < -0.39 is 5.82 Å². The number of amides is 1. The molecule has 2 aromatic rings. The van der Waals surface area contributed by atoms with E-state index in [2.05, 4.69) is 42.5 Å². The number of nitrogens with one attached hydrogen (secondary N) is 2. The Morgan fingerprint density at radius 1 is 1.14 bits per heavy atom. The molecular weight excluding hydrogens is 403 g/mol. The summed E-state index contributed by atoms with van der Waals surface area (Å²) in [4.78, 5) is 11.9. The number of rotatable bonds is 4. The van der Waals surface area contributed by atoms with Crippen LogP contribution in [0.15, 0.2) is 45.3 Å². The van der Waals surface area contributed by atoms with Crippen LogP contribution in [0, 0.1) is 12.7 Å². The molecule has 0 heterocycles. The van der Waals surface area contributed by atoms with E-state index >= 15 is 0 Å². The zero-order valence-electron chi connectivity index (χ0n) is 11.2. The van der Waals surface area contributed by atoms with Crippen molar-refractivity contribution in [2.24, 2.45) is 0 Å². The van der Waals surface area contributed by atoms with Gasteiger partial charge in [-0.2, -0.15) is 0 Å². The zero-order valence-corrected chi connectivity index (χ0v) is 14.4. The molecule has 0 aliphatic heterocycles. The highest BCUT2D eigenvalue weighted by Crippen LogP contribution is 2.23. The van der Waals surface area contributed by atoms with Crippen LogP contribution in [0.1, 0.15) is 5.56 Å². The van der Waals surface area contributed by atoms with Crippen LogP contribution < -0.4 is 10.6 Å². The highest BCUT2D eigenvalue weighted by atomic mass is 79.9. The first-order valence-electron chi connectivity index (χ1n) is 6.20. The third kappa shape index (κ3) is 4.54. The van der Waals surface area contributed by atoms with E-state index in [1.807, 2.05) is 25.1 Å². The predicted molar refractivity (Wildman–Crippen MR) is 90.1 cm³/mol. The molecule has 6 heteroatoms. The molecule has 2 aromatic carbocycles. The van der Waals surface area contributed by atoms with Crippen molar-refractivity contribution < 1.29 is 9.18 Å². The van der Waals surface area contributed by atoms with Crippen LogP contribution in [0.25, 0.3) is 0 Å². The predicted octanol–water partition coefficient (Wildman–Crippen LogP) is 4.71.